The summed E-state index contributed by atoms with van der Waals surface area (Å²) in [6.45, 7) is 5.06. The molecule has 0 aromatic rings. The van der Waals surface area contributed by atoms with Crippen LogP contribution in [-0.2, 0) is 19.1 Å². The molecule has 0 spiro atoms. The number of nitrogens with zero attached hydrogens (tertiary/aromatic N) is 1. The molecule has 2 aliphatic rings. The van der Waals surface area contributed by atoms with Gasteiger partial charge in [0.1, 0.15) is 6.61 Å². The fraction of sp³-hybridized carbons (Fsp3) is 0.812. The Kier molecular flexibility index (Phi) is 6.56. The number of nitrogens with one attached hydrogen (secondary N) is 3. The highest BCUT2D eigenvalue weighted by atomic mass is 16.5. The lowest BCUT2D eigenvalue weighted by molar-refractivity contribution is -0.129. The van der Waals surface area contributed by atoms with E-state index in [1.54, 1.807) is 0 Å². The second kappa shape index (κ2) is 8.43. The fourth-order valence-electron chi connectivity index (χ4n) is 3.44. The summed E-state index contributed by atoms with van der Waals surface area (Å²) in [5.74, 6) is -0.139. The summed E-state index contributed by atoms with van der Waals surface area (Å²) in [6.07, 6.45) is 1.71. The molecular formula is C16H28N4O4. The van der Waals surface area contributed by atoms with Crippen LogP contribution in [0, 0.1) is 0 Å². The van der Waals surface area contributed by atoms with Crippen molar-refractivity contribution in [2.75, 3.05) is 26.8 Å². The highest BCUT2D eigenvalue weighted by molar-refractivity contribution is 5.84. The van der Waals surface area contributed by atoms with E-state index in [-0.39, 0.29) is 48.5 Å². The van der Waals surface area contributed by atoms with Crippen molar-refractivity contribution in [2.45, 2.75) is 57.3 Å². The Hall–Kier alpha value is -1.67. The molecule has 0 bridgehead atoms. The third-order valence-corrected chi connectivity index (χ3v) is 4.42. The number of hydrogen-bond acceptors (Lipinski definition) is 5. The third kappa shape index (κ3) is 4.91. The Morgan fingerprint density at radius 3 is 2.79 bits per heavy atom. The van der Waals surface area contributed by atoms with Crippen molar-refractivity contribution < 1.29 is 19.1 Å². The van der Waals surface area contributed by atoms with Gasteiger partial charge in [0.05, 0.1) is 6.04 Å². The van der Waals surface area contributed by atoms with Gasteiger partial charge in [-0.15, -0.1) is 0 Å². The normalized spacial score (nSPS) is 26.8. The summed E-state index contributed by atoms with van der Waals surface area (Å²) < 4.78 is 4.82. The topological polar surface area (TPSA) is 99.8 Å². The van der Waals surface area contributed by atoms with Crippen molar-refractivity contribution in [1.82, 2.24) is 20.9 Å². The van der Waals surface area contributed by atoms with Gasteiger partial charge >= 0.3 is 0 Å². The van der Waals surface area contributed by atoms with Gasteiger partial charge in [-0.05, 0) is 26.7 Å². The molecule has 8 nitrogen and oxygen atoms in total. The average Bonchev–Trinajstić information content (AvgIpc) is 2.90. The van der Waals surface area contributed by atoms with Gasteiger partial charge < -0.3 is 20.7 Å². The maximum atomic E-state index is 12.1. The molecule has 2 fully saturated rings. The summed E-state index contributed by atoms with van der Waals surface area (Å²) in [5.41, 5.74) is 0. The van der Waals surface area contributed by atoms with Crippen molar-refractivity contribution >= 4 is 17.7 Å². The third-order valence-electron chi connectivity index (χ3n) is 4.42. The molecule has 3 N–H and O–H groups in total. The Morgan fingerprint density at radius 2 is 2.12 bits per heavy atom. The molecule has 8 heteroatoms. The lowest BCUT2D eigenvalue weighted by Gasteiger charge is -2.37. The first-order chi connectivity index (χ1) is 11.4. The van der Waals surface area contributed by atoms with Crippen LogP contribution < -0.4 is 16.0 Å². The molecule has 2 heterocycles. The number of fused-ring (bicyclic) bond motifs is 1. The standard InChI is InChI=1S/C16H28N4O4/c1-10(2)18-14(21)5-4-12-7-17-16(23)13-6-11(8-20(12)13)19-15(22)9-24-3/h10-13H,4-9H2,1-3H3,(H,17,23)(H,18,21)(H,19,22)/t11-,12+,13-/m0/s1. The maximum Gasteiger partial charge on any atom is 0.246 e. The minimum atomic E-state index is -0.232. The molecule has 0 aromatic heterocycles. The quantitative estimate of drug-likeness (QED) is 0.552. The summed E-state index contributed by atoms with van der Waals surface area (Å²) in [5, 5.41) is 8.70. The van der Waals surface area contributed by atoms with E-state index >= 15 is 0 Å². The number of rotatable bonds is 7. The van der Waals surface area contributed by atoms with Crippen LogP contribution in [0.4, 0.5) is 0 Å². The van der Waals surface area contributed by atoms with Gasteiger partial charge in [-0.1, -0.05) is 0 Å². The summed E-state index contributed by atoms with van der Waals surface area (Å²) in [4.78, 5) is 37.7. The second-order valence-corrected chi connectivity index (χ2v) is 6.81. The van der Waals surface area contributed by atoms with E-state index < -0.39 is 0 Å². The van der Waals surface area contributed by atoms with Crippen LogP contribution in [0.3, 0.4) is 0 Å². The highest BCUT2D eigenvalue weighted by Crippen LogP contribution is 2.25. The first-order valence-corrected chi connectivity index (χ1v) is 8.51. The van der Waals surface area contributed by atoms with Gasteiger partial charge in [-0.25, -0.2) is 0 Å². The van der Waals surface area contributed by atoms with E-state index in [1.165, 1.54) is 7.11 Å². The molecule has 0 radical (unpaired) electrons. The fourth-order valence-corrected chi connectivity index (χ4v) is 3.44. The number of amides is 3. The number of carbonyl (C=O) groups excluding carboxylic acids is 3. The van der Waals surface area contributed by atoms with Gasteiger partial charge in [-0.2, -0.15) is 0 Å². The molecule has 0 aliphatic carbocycles. The first kappa shape index (κ1) is 18.7. The van der Waals surface area contributed by atoms with Crippen molar-refractivity contribution in [3.63, 3.8) is 0 Å². The average molecular weight is 340 g/mol. The van der Waals surface area contributed by atoms with Crippen molar-refractivity contribution in [3.8, 4) is 0 Å². The van der Waals surface area contributed by atoms with E-state index in [9.17, 15) is 14.4 Å². The number of ether oxygens (including phenoxy) is 1. The SMILES string of the molecule is COCC(=O)N[C@H]1C[C@H]2C(=O)NC[C@@H](CCC(=O)NC(C)C)N2C1. The summed E-state index contributed by atoms with van der Waals surface area (Å²) in [7, 11) is 1.48. The molecule has 3 atom stereocenters. The molecule has 0 unspecified atom stereocenters. The van der Waals surface area contributed by atoms with E-state index in [1.807, 2.05) is 13.8 Å². The molecule has 2 rings (SSSR count). The van der Waals surface area contributed by atoms with Crippen molar-refractivity contribution in [1.29, 1.82) is 0 Å². The van der Waals surface area contributed by atoms with Crippen LogP contribution in [0.25, 0.3) is 0 Å². The lowest BCUT2D eigenvalue weighted by atomic mass is 10.0. The second-order valence-electron chi connectivity index (χ2n) is 6.81. The maximum absolute atomic E-state index is 12.1. The first-order valence-electron chi connectivity index (χ1n) is 8.51. The van der Waals surface area contributed by atoms with Crippen molar-refractivity contribution in [2.24, 2.45) is 0 Å². The largest absolute Gasteiger partial charge is 0.375 e. The highest BCUT2D eigenvalue weighted by Gasteiger charge is 2.43. The monoisotopic (exact) mass is 340 g/mol. The Bertz CT molecular complexity index is 483. The molecule has 2 saturated heterocycles. The van der Waals surface area contributed by atoms with E-state index in [4.69, 9.17) is 4.74 Å². The van der Waals surface area contributed by atoms with Crippen LogP contribution in [0.15, 0.2) is 0 Å². The smallest absolute Gasteiger partial charge is 0.246 e. The minimum absolute atomic E-state index is 0.00127. The van der Waals surface area contributed by atoms with E-state index in [2.05, 4.69) is 20.9 Å². The lowest BCUT2D eigenvalue weighted by Crippen LogP contribution is -2.58. The molecule has 24 heavy (non-hydrogen) atoms. The Balaban J connectivity index is 1.89. The zero-order chi connectivity index (χ0) is 17.7. The molecule has 0 aromatic carbocycles. The number of carbonyl (C=O) groups is 3. The van der Waals surface area contributed by atoms with Crippen molar-refractivity contribution in [3.05, 3.63) is 0 Å². The van der Waals surface area contributed by atoms with Crippen LogP contribution >= 0.6 is 0 Å². The zero-order valence-corrected chi connectivity index (χ0v) is 14.6. The zero-order valence-electron chi connectivity index (χ0n) is 14.6. The molecular weight excluding hydrogens is 312 g/mol. The minimum Gasteiger partial charge on any atom is -0.375 e. The predicted molar refractivity (Wildman–Crippen MR) is 88.2 cm³/mol. The number of piperazine rings is 1. The van der Waals surface area contributed by atoms with Gasteiger partial charge in [-0.3, -0.25) is 19.3 Å². The predicted octanol–water partition coefficient (Wildman–Crippen LogP) is -1.00. The van der Waals surface area contributed by atoms with Crippen LogP contribution in [-0.4, -0.2) is 73.6 Å². The van der Waals surface area contributed by atoms with Gasteiger partial charge in [0, 0.05) is 44.7 Å². The summed E-state index contributed by atoms with van der Waals surface area (Å²) in [6, 6.07) is -0.0448. The van der Waals surface area contributed by atoms with Gasteiger partial charge in [0.2, 0.25) is 17.7 Å². The summed E-state index contributed by atoms with van der Waals surface area (Å²) >= 11 is 0. The Morgan fingerprint density at radius 1 is 1.38 bits per heavy atom. The van der Waals surface area contributed by atoms with Gasteiger partial charge in [0.15, 0.2) is 0 Å². The van der Waals surface area contributed by atoms with E-state index in [0.29, 0.717) is 32.4 Å². The van der Waals surface area contributed by atoms with E-state index in [0.717, 1.165) is 0 Å². The molecule has 0 saturated carbocycles. The number of hydrogen-bond donors (Lipinski definition) is 3. The Labute approximate surface area is 142 Å². The van der Waals surface area contributed by atoms with Crippen LogP contribution in [0.2, 0.25) is 0 Å². The molecule has 3 amide bonds. The molecule has 136 valence electrons. The molecule has 2 aliphatic heterocycles. The van der Waals surface area contributed by atoms with Gasteiger partial charge in [0.25, 0.3) is 0 Å². The number of methoxy groups -OCH3 is 1. The van der Waals surface area contributed by atoms with Crippen LogP contribution in [0.5, 0.6) is 0 Å². The van der Waals surface area contributed by atoms with Crippen LogP contribution in [0.1, 0.15) is 33.1 Å².